The molecule has 2 aliphatic heterocycles. The highest BCUT2D eigenvalue weighted by atomic mass is 35.5. The van der Waals surface area contributed by atoms with Gasteiger partial charge in [0.25, 0.3) is 5.91 Å². The Morgan fingerprint density at radius 3 is 2.42 bits per heavy atom. The summed E-state index contributed by atoms with van der Waals surface area (Å²) >= 11 is 0. The minimum absolute atomic E-state index is 0. The number of benzene rings is 1. The van der Waals surface area contributed by atoms with Crippen LogP contribution in [0.4, 0.5) is 0 Å². The van der Waals surface area contributed by atoms with Crippen LogP contribution in [-0.2, 0) is 4.79 Å². The molecular formula is C18H27ClN2O3. The quantitative estimate of drug-likeness (QED) is 0.882. The molecule has 0 aliphatic carbocycles. The number of ether oxygens (including phenoxy) is 2. The van der Waals surface area contributed by atoms with E-state index in [0.717, 1.165) is 39.0 Å². The van der Waals surface area contributed by atoms with Crippen molar-refractivity contribution in [3.8, 4) is 11.5 Å². The van der Waals surface area contributed by atoms with Gasteiger partial charge in [-0.3, -0.25) is 4.79 Å². The van der Waals surface area contributed by atoms with Crippen LogP contribution in [0.5, 0.6) is 11.5 Å². The van der Waals surface area contributed by atoms with Crippen LogP contribution in [0.3, 0.4) is 0 Å². The number of carbonyl (C=O) groups is 1. The van der Waals surface area contributed by atoms with Crippen LogP contribution >= 0.6 is 12.4 Å². The summed E-state index contributed by atoms with van der Waals surface area (Å²) in [5.41, 5.74) is 0.430. The van der Waals surface area contributed by atoms with Gasteiger partial charge in [-0.1, -0.05) is 12.1 Å². The zero-order chi connectivity index (χ0) is 16.1. The van der Waals surface area contributed by atoms with Crippen molar-refractivity contribution in [1.29, 1.82) is 0 Å². The third-order valence-electron chi connectivity index (χ3n) is 5.01. The van der Waals surface area contributed by atoms with Gasteiger partial charge in [-0.05, 0) is 50.3 Å². The number of hydrogen-bond donors (Lipinski definition) is 1. The van der Waals surface area contributed by atoms with Crippen LogP contribution in [0, 0.1) is 5.41 Å². The highest BCUT2D eigenvalue weighted by molar-refractivity contribution is 5.85. The molecule has 0 unspecified atom stereocenters. The summed E-state index contributed by atoms with van der Waals surface area (Å²) in [4.78, 5) is 14.3. The minimum atomic E-state index is 0. The Hall–Kier alpha value is -1.46. The third-order valence-corrected chi connectivity index (χ3v) is 5.01. The molecule has 1 aromatic carbocycles. The van der Waals surface area contributed by atoms with Gasteiger partial charge < -0.3 is 19.7 Å². The van der Waals surface area contributed by atoms with Crippen LogP contribution in [0.25, 0.3) is 0 Å². The number of carbonyl (C=O) groups excluding carboxylic acids is 1. The molecule has 1 amide bonds. The molecule has 1 spiro atoms. The molecule has 0 aromatic heterocycles. The molecule has 134 valence electrons. The average Bonchev–Trinajstić information content (AvgIpc) is 3.03. The number of nitrogens with zero attached hydrogens (tertiary/aromatic N) is 1. The van der Waals surface area contributed by atoms with Crippen LogP contribution in [0.1, 0.15) is 26.2 Å². The van der Waals surface area contributed by atoms with E-state index in [1.54, 1.807) is 0 Å². The molecule has 3 rings (SSSR count). The molecule has 1 aromatic rings. The summed E-state index contributed by atoms with van der Waals surface area (Å²) < 4.78 is 11.2. The molecule has 0 atom stereocenters. The first-order chi connectivity index (χ1) is 11.2. The molecule has 2 saturated heterocycles. The van der Waals surface area contributed by atoms with E-state index in [2.05, 4.69) is 5.32 Å². The molecule has 1 N–H and O–H groups in total. The standard InChI is InChI=1S/C18H26N2O3.ClH/c1-2-22-15-5-3-4-6-16(15)23-13-17(21)20-11-8-18(9-12-20)7-10-19-14-18;/h3-6,19H,2,7-14H2,1H3;1H. The normalized spacial score (nSPS) is 19.0. The maximum absolute atomic E-state index is 12.4. The van der Waals surface area contributed by atoms with Gasteiger partial charge in [-0.2, -0.15) is 0 Å². The van der Waals surface area contributed by atoms with E-state index < -0.39 is 0 Å². The lowest BCUT2D eigenvalue weighted by Gasteiger charge is -2.38. The van der Waals surface area contributed by atoms with Gasteiger partial charge in [0.05, 0.1) is 6.61 Å². The third kappa shape index (κ3) is 4.33. The number of hydrogen-bond acceptors (Lipinski definition) is 4. The summed E-state index contributed by atoms with van der Waals surface area (Å²) in [6.07, 6.45) is 3.44. The molecular weight excluding hydrogens is 328 g/mol. The summed E-state index contributed by atoms with van der Waals surface area (Å²) in [5.74, 6) is 1.39. The lowest BCUT2D eigenvalue weighted by Crippen LogP contribution is -2.45. The Morgan fingerprint density at radius 2 is 1.83 bits per heavy atom. The largest absolute Gasteiger partial charge is 0.490 e. The SMILES string of the molecule is CCOc1ccccc1OCC(=O)N1CCC2(CCNC2)CC1.Cl. The smallest absolute Gasteiger partial charge is 0.260 e. The van der Waals surface area contributed by atoms with Crippen molar-refractivity contribution in [1.82, 2.24) is 10.2 Å². The zero-order valence-corrected chi connectivity index (χ0v) is 15.1. The molecule has 2 aliphatic rings. The second-order valence-electron chi connectivity index (χ2n) is 6.48. The number of para-hydroxylation sites is 2. The fraction of sp³-hybridized carbons (Fsp3) is 0.611. The number of nitrogens with one attached hydrogen (secondary N) is 1. The second-order valence-corrected chi connectivity index (χ2v) is 6.48. The van der Waals surface area contributed by atoms with Crippen LogP contribution < -0.4 is 14.8 Å². The Balaban J connectivity index is 0.00000208. The summed E-state index contributed by atoms with van der Waals surface area (Å²) in [7, 11) is 0. The lowest BCUT2D eigenvalue weighted by atomic mass is 9.78. The molecule has 6 heteroatoms. The molecule has 2 fully saturated rings. The topological polar surface area (TPSA) is 50.8 Å². The molecule has 5 nitrogen and oxygen atoms in total. The number of halogens is 1. The van der Waals surface area contributed by atoms with E-state index >= 15 is 0 Å². The van der Waals surface area contributed by atoms with Gasteiger partial charge in [0.2, 0.25) is 0 Å². The zero-order valence-electron chi connectivity index (χ0n) is 14.3. The van der Waals surface area contributed by atoms with Gasteiger partial charge in [0, 0.05) is 19.6 Å². The Kier molecular flexibility index (Phi) is 6.75. The number of piperidine rings is 1. The first-order valence-corrected chi connectivity index (χ1v) is 8.56. The predicted octanol–water partition coefficient (Wildman–Crippen LogP) is 2.49. The van der Waals surface area contributed by atoms with E-state index in [1.165, 1.54) is 6.42 Å². The Bertz CT molecular complexity index is 537. The van der Waals surface area contributed by atoms with Crippen molar-refractivity contribution in [3.05, 3.63) is 24.3 Å². The van der Waals surface area contributed by atoms with Crippen molar-refractivity contribution >= 4 is 18.3 Å². The lowest BCUT2D eigenvalue weighted by molar-refractivity contribution is -0.135. The van der Waals surface area contributed by atoms with E-state index in [4.69, 9.17) is 9.47 Å². The molecule has 2 heterocycles. The second kappa shape index (κ2) is 8.58. The van der Waals surface area contributed by atoms with E-state index in [0.29, 0.717) is 23.5 Å². The van der Waals surface area contributed by atoms with Crippen LogP contribution in [0.15, 0.2) is 24.3 Å². The highest BCUT2D eigenvalue weighted by Crippen LogP contribution is 2.37. The van der Waals surface area contributed by atoms with Crippen molar-refractivity contribution in [2.45, 2.75) is 26.2 Å². The van der Waals surface area contributed by atoms with Crippen molar-refractivity contribution in [3.63, 3.8) is 0 Å². The summed E-state index contributed by atoms with van der Waals surface area (Å²) in [6, 6.07) is 7.49. The van der Waals surface area contributed by atoms with Gasteiger partial charge in [-0.25, -0.2) is 0 Å². The van der Waals surface area contributed by atoms with Crippen LogP contribution in [-0.4, -0.2) is 50.2 Å². The molecule has 0 saturated carbocycles. The first-order valence-electron chi connectivity index (χ1n) is 8.56. The number of likely N-dealkylation sites (tertiary alicyclic amines) is 1. The maximum atomic E-state index is 12.4. The molecule has 24 heavy (non-hydrogen) atoms. The van der Waals surface area contributed by atoms with E-state index in [-0.39, 0.29) is 24.9 Å². The summed E-state index contributed by atoms with van der Waals surface area (Å²) in [6.45, 7) is 6.50. The van der Waals surface area contributed by atoms with Crippen molar-refractivity contribution < 1.29 is 14.3 Å². The monoisotopic (exact) mass is 354 g/mol. The van der Waals surface area contributed by atoms with Gasteiger partial charge in [-0.15, -0.1) is 12.4 Å². The Labute approximate surface area is 150 Å². The number of rotatable bonds is 5. The summed E-state index contributed by atoms with van der Waals surface area (Å²) in [5, 5.41) is 3.45. The van der Waals surface area contributed by atoms with Crippen molar-refractivity contribution in [2.24, 2.45) is 5.41 Å². The Morgan fingerprint density at radius 1 is 1.17 bits per heavy atom. The van der Waals surface area contributed by atoms with Gasteiger partial charge in [0.15, 0.2) is 18.1 Å². The average molecular weight is 355 g/mol. The van der Waals surface area contributed by atoms with E-state index in [1.807, 2.05) is 36.1 Å². The fourth-order valence-electron chi connectivity index (χ4n) is 3.53. The molecule has 0 radical (unpaired) electrons. The number of amides is 1. The van der Waals surface area contributed by atoms with Gasteiger partial charge >= 0.3 is 0 Å². The highest BCUT2D eigenvalue weighted by Gasteiger charge is 2.38. The minimum Gasteiger partial charge on any atom is -0.490 e. The fourth-order valence-corrected chi connectivity index (χ4v) is 3.53. The molecule has 0 bridgehead atoms. The first kappa shape index (κ1) is 18.9. The van der Waals surface area contributed by atoms with Crippen molar-refractivity contribution in [2.75, 3.05) is 39.4 Å². The maximum Gasteiger partial charge on any atom is 0.260 e. The van der Waals surface area contributed by atoms with Crippen LogP contribution in [0.2, 0.25) is 0 Å². The predicted molar refractivity (Wildman–Crippen MR) is 96.1 cm³/mol. The van der Waals surface area contributed by atoms with Gasteiger partial charge in [0.1, 0.15) is 0 Å². The van der Waals surface area contributed by atoms with E-state index in [9.17, 15) is 4.79 Å².